The maximum Gasteiger partial charge on any atom is 0.328 e. The van der Waals surface area contributed by atoms with Gasteiger partial charge in [-0.25, -0.2) is 4.79 Å². The van der Waals surface area contributed by atoms with E-state index >= 15 is 0 Å². The minimum atomic E-state index is -0.964. The zero-order chi connectivity index (χ0) is 10.7. The first-order valence-electron chi connectivity index (χ1n) is 4.16. The summed E-state index contributed by atoms with van der Waals surface area (Å²) < 4.78 is 2.55. The highest BCUT2D eigenvalue weighted by molar-refractivity contribution is 9.10. The molecule has 0 unspecified atom stereocenters. The molecule has 1 rings (SSSR count). The van der Waals surface area contributed by atoms with Gasteiger partial charge in [0.05, 0.1) is 16.4 Å². The Morgan fingerprint density at radius 1 is 1.71 bits per heavy atom. The van der Waals surface area contributed by atoms with E-state index in [-0.39, 0.29) is 6.04 Å². The summed E-state index contributed by atoms with van der Waals surface area (Å²) in [5, 5.41) is 12.6. The lowest BCUT2D eigenvalue weighted by Gasteiger charge is -2.07. The number of carbonyl (C=O) groups is 1. The standard InChI is InChI=1S/C9H11BrN2O2/c1-6(2)12-8(3-4-9(13)14)7(10)5-11-12/h3-6H,1-2H3,(H,13,14)/b4-3+. The first-order chi connectivity index (χ1) is 6.52. The Morgan fingerprint density at radius 3 is 2.86 bits per heavy atom. The van der Waals surface area contributed by atoms with Gasteiger partial charge >= 0.3 is 5.97 Å². The van der Waals surface area contributed by atoms with Gasteiger partial charge in [0.2, 0.25) is 0 Å². The Morgan fingerprint density at radius 2 is 2.36 bits per heavy atom. The average molecular weight is 259 g/mol. The van der Waals surface area contributed by atoms with Gasteiger partial charge in [0, 0.05) is 12.1 Å². The first-order valence-corrected chi connectivity index (χ1v) is 4.95. The summed E-state index contributed by atoms with van der Waals surface area (Å²) in [5.74, 6) is -0.964. The van der Waals surface area contributed by atoms with Gasteiger partial charge in [0.25, 0.3) is 0 Å². The van der Waals surface area contributed by atoms with Gasteiger partial charge in [0.15, 0.2) is 0 Å². The minimum absolute atomic E-state index is 0.203. The van der Waals surface area contributed by atoms with Crippen LogP contribution in [-0.2, 0) is 4.79 Å². The van der Waals surface area contributed by atoms with Crippen molar-refractivity contribution in [2.75, 3.05) is 0 Å². The molecule has 0 amide bonds. The SMILES string of the molecule is CC(C)n1ncc(Br)c1/C=C/C(=O)O. The van der Waals surface area contributed by atoms with Crippen LogP contribution < -0.4 is 0 Å². The lowest BCUT2D eigenvalue weighted by Crippen LogP contribution is -2.04. The van der Waals surface area contributed by atoms with Crippen molar-refractivity contribution in [3.05, 3.63) is 22.4 Å². The van der Waals surface area contributed by atoms with Gasteiger partial charge in [-0.05, 0) is 35.9 Å². The van der Waals surface area contributed by atoms with Crippen LogP contribution in [0.4, 0.5) is 0 Å². The highest BCUT2D eigenvalue weighted by atomic mass is 79.9. The molecule has 0 spiro atoms. The molecule has 0 bridgehead atoms. The minimum Gasteiger partial charge on any atom is -0.478 e. The Balaban J connectivity index is 3.05. The molecule has 4 nitrogen and oxygen atoms in total. The van der Waals surface area contributed by atoms with Gasteiger partial charge in [-0.2, -0.15) is 5.10 Å². The van der Waals surface area contributed by atoms with E-state index in [4.69, 9.17) is 5.11 Å². The van der Waals surface area contributed by atoms with Crippen molar-refractivity contribution in [3.63, 3.8) is 0 Å². The van der Waals surface area contributed by atoms with Crippen molar-refractivity contribution >= 4 is 28.0 Å². The number of aliphatic carboxylic acids is 1. The average Bonchev–Trinajstić information content (AvgIpc) is 2.43. The maximum absolute atomic E-state index is 10.4. The van der Waals surface area contributed by atoms with E-state index in [1.165, 1.54) is 6.08 Å². The number of carboxylic acids is 1. The highest BCUT2D eigenvalue weighted by Crippen LogP contribution is 2.20. The van der Waals surface area contributed by atoms with Crippen molar-refractivity contribution in [3.8, 4) is 0 Å². The fraction of sp³-hybridized carbons (Fsp3) is 0.333. The van der Waals surface area contributed by atoms with Crippen molar-refractivity contribution in [2.45, 2.75) is 19.9 Å². The van der Waals surface area contributed by atoms with E-state index in [0.717, 1.165) is 16.2 Å². The lowest BCUT2D eigenvalue weighted by atomic mass is 10.3. The third-order valence-electron chi connectivity index (χ3n) is 1.66. The fourth-order valence-electron chi connectivity index (χ4n) is 1.07. The van der Waals surface area contributed by atoms with Crippen LogP contribution in [0, 0.1) is 0 Å². The number of aromatic nitrogens is 2. The monoisotopic (exact) mass is 258 g/mol. The van der Waals surface area contributed by atoms with Crippen LogP contribution in [0.15, 0.2) is 16.7 Å². The zero-order valence-electron chi connectivity index (χ0n) is 7.94. The molecule has 1 aromatic rings. The van der Waals surface area contributed by atoms with Gasteiger partial charge in [-0.1, -0.05) is 0 Å². The summed E-state index contributed by atoms with van der Waals surface area (Å²) >= 11 is 3.31. The summed E-state index contributed by atoms with van der Waals surface area (Å²) in [4.78, 5) is 10.4. The topological polar surface area (TPSA) is 55.1 Å². The van der Waals surface area contributed by atoms with Gasteiger partial charge in [-0.15, -0.1) is 0 Å². The van der Waals surface area contributed by atoms with Crippen LogP contribution in [0.5, 0.6) is 0 Å². The van der Waals surface area contributed by atoms with Gasteiger partial charge < -0.3 is 5.11 Å². The molecule has 0 radical (unpaired) electrons. The maximum atomic E-state index is 10.4. The van der Waals surface area contributed by atoms with Crippen LogP contribution in [-0.4, -0.2) is 20.9 Å². The Hall–Kier alpha value is -1.10. The Kier molecular flexibility index (Phi) is 3.46. The number of nitrogens with zero attached hydrogens (tertiary/aromatic N) is 2. The number of halogens is 1. The van der Waals surface area contributed by atoms with E-state index < -0.39 is 5.97 Å². The molecule has 14 heavy (non-hydrogen) atoms. The normalized spacial score (nSPS) is 11.4. The summed E-state index contributed by atoms with van der Waals surface area (Å²) in [6, 6.07) is 0.203. The Labute approximate surface area is 90.4 Å². The van der Waals surface area contributed by atoms with Crippen LogP contribution in [0.1, 0.15) is 25.6 Å². The highest BCUT2D eigenvalue weighted by Gasteiger charge is 2.08. The summed E-state index contributed by atoms with van der Waals surface area (Å²) in [7, 11) is 0. The van der Waals surface area contributed by atoms with Crippen LogP contribution >= 0.6 is 15.9 Å². The van der Waals surface area contributed by atoms with E-state index in [1.807, 2.05) is 13.8 Å². The molecular formula is C9H11BrN2O2. The molecule has 0 aliphatic carbocycles. The van der Waals surface area contributed by atoms with Crippen molar-refractivity contribution in [1.82, 2.24) is 9.78 Å². The number of carboxylic acid groups (broad SMARTS) is 1. The molecule has 76 valence electrons. The largest absolute Gasteiger partial charge is 0.478 e. The quantitative estimate of drug-likeness (QED) is 0.847. The second-order valence-corrected chi connectivity index (χ2v) is 3.94. The molecule has 1 heterocycles. The van der Waals surface area contributed by atoms with Crippen molar-refractivity contribution in [1.29, 1.82) is 0 Å². The molecular weight excluding hydrogens is 248 g/mol. The van der Waals surface area contributed by atoms with E-state index in [2.05, 4.69) is 21.0 Å². The fourth-order valence-corrected chi connectivity index (χ4v) is 1.47. The van der Waals surface area contributed by atoms with Crippen molar-refractivity contribution in [2.24, 2.45) is 0 Å². The number of hydrogen-bond acceptors (Lipinski definition) is 2. The third-order valence-corrected chi connectivity index (χ3v) is 2.27. The second-order valence-electron chi connectivity index (χ2n) is 3.09. The molecule has 1 aromatic heterocycles. The summed E-state index contributed by atoms with van der Waals surface area (Å²) in [6.07, 6.45) is 4.28. The van der Waals surface area contributed by atoms with Crippen LogP contribution in [0.3, 0.4) is 0 Å². The third kappa shape index (κ3) is 2.45. The Bertz CT molecular complexity index is 369. The molecule has 1 N–H and O–H groups in total. The predicted octanol–water partition coefficient (Wildman–Crippen LogP) is 2.32. The van der Waals surface area contributed by atoms with Crippen molar-refractivity contribution < 1.29 is 9.90 Å². The molecule has 0 aliphatic rings. The molecule has 0 saturated carbocycles. The van der Waals surface area contributed by atoms with E-state index in [9.17, 15) is 4.79 Å². The number of hydrogen-bond donors (Lipinski definition) is 1. The smallest absolute Gasteiger partial charge is 0.328 e. The predicted molar refractivity (Wildman–Crippen MR) is 57.0 cm³/mol. The van der Waals surface area contributed by atoms with E-state index in [0.29, 0.717) is 0 Å². The van der Waals surface area contributed by atoms with Crippen LogP contribution in [0.25, 0.3) is 6.08 Å². The van der Waals surface area contributed by atoms with Crippen LogP contribution in [0.2, 0.25) is 0 Å². The lowest BCUT2D eigenvalue weighted by molar-refractivity contribution is -0.131. The molecule has 0 atom stereocenters. The zero-order valence-corrected chi connectivity index (χ0v) is 9.52. The number of rotatable bonds is 3. The van der Waals surface area contributed by atoms with E-state index in [1.54, 1.807) is 10.9 Å². The van der Waals surface area contributed by atoms with Gasteiger partial charge in [-0.3, -0.25) is 4.68 Å². The molecule has 0 aromatic carbocycles. The molecule has 0 saturated heterocycles. The first kappa shape index (κ1) is 11.0. The molecule has 5 heteroatoms. The van der Waals surface area contributed by atoms with Gasteiger partial charge in [0.1, 0.15) is 0 Å². The summed E-state index contributed by atoms with van der Waals surface area (Å²) in [5.41, 5.74) is 0.766. The second kappa shape index (κ2) is 4.41. The molecule has 0 fully saturated rings. The molecule has 0 aliphatic heterocycles. The summed E-state index contributed by atoms with van der Waals surface area (Å²) in [6.45, 7) is 3.97.